The molecule has 0 aromatic heterocycles. The van der Waals surface area contributed by atoms with Crippen molar-refractivity contribution in [3.05, 3.63) is 0 Å². The second-order valence-electron chi connectivity index (χ2n) is 2.10. The lowest BCUT2D eigenvalue weighted by molar-refractivity contribution is -0.120. The molecule has 0 aliphatic heterocycles. The molecular weight excluding hydrogens is 114 g/mol. The van der Waals surface area contributed by atoms with Crippen molar-refractivity contribution in [1.82, 2.24) is 0 Å². The summed E-state index contributed by atoms with van der Waals surface area (Å²) in [7, 11) is 1.50. The summed E-state index contributed by atoms with van der Waals surface area (Å²) in [6.45, 7) is 0. The first-order valence-electron chi connectivity index (χ1n) is 3.49. The SMILES string of the molecule is CN.O=C1CCCCC1. The molecule has 1 fully saturated rings. The fraction of sp³-hybridized carbons (Fsp3) is 0.857. The second kappa shape index (κ2) is 5.76. The summed E-state index contributed by atoms with van der Waals surface area (Å²) in [5, 5.41) is 0. The monoisotopic (exact) mass is 129 g/mol. The summed E-state index contributed by atoms with van der Waals surface area (Å²) in [4.78, 5) is 10.5. The van der Waals surface area contributed by atoms with E-state index in [9.17, 15) is 4.79 Å². The fourth-order valence-corrected chi connectivity index (χ4v) is 0.946. The van der Waals surface area contributed by atoms with E-state index in [0.29, 0.717) is 5.78 Å². The van der Waals surface area contributed by atoms with Crippen molar-refractivity contribution >= 4 is 5.78 Å². The number of carbonyl (C=O) groups is 1. The highest BCUT2D eigenvalue weighted by Crippen LogP contribution is 2.12. The first-order chi connectivity index (χ1) is 4.39. The van der Waals surface area contributed by atoms with Crippen LogP contribution in [0, 0.1) is 0 Å². The maximum Gasteiger partial charge on any atom is 0.132 e. The van der Waals surface area contributed by atoms with Gasteiger partial charge < -0.3 is 5.73 Å². The van der Waals surface area contributed by atoms with E-state index in [1.165, 1.54) is 13.5 Å². The number of rotatable bonds is 0. The minimum Gasteiger partial charge on any atom is -0.333 e. The van der Waals surface area contributed by atoms with E-state index >= 15 is 0 Å². The van der Waals surface area contributed by atoms with Gasteiger partial charge in [0.15, 0.2) is 0 Å². The van der Waals surface area contributed by atoms with Crippen LogP contribution in [0.25, 0.3) is 0 Å². The van der Waals surface area contributed by atoms with E-state index in [-0.39, 0.29) is 0 Å². The van der Waals surface area contributed by atoms with Crippen LogP contribution in [0.2, 0.25) is 0 Å². The van der Waals surface area contributed by atoms with E-state index in [0.717, 1.165) is 25.7 Å². The van der Waals surface area contributed by atoms with Crippen LogP contribution in [-0.2, 0) is 4.79 Å². The van der Waals surface area contributed by atoms with Crippen molar-refractivity contribution in [2.75, 3.05) is 7.05 Å². The Balaban J connectivity index is 0.000000291. The zero-order chi connectivity index (χ0) is 7.11. The van der Waals surface area contributed by atoms with Gasteiger partial charge in [-0.2, -0.15) is 0 Å². The average molecular weight is 129 g/mol. The van der Waals surface area contributed by atoms with Crippen molar-refractivity contribution in [2.45, 2.75) is 32.1 Å². The predicted octanol–water partition coefficient (Wildman–Crippen LogP) is 1.09. The third kappa shape index (κ3) is 4.15. The molecule has 2 N–H and O–H groups in total. The van der Waals surface area contributed by atoms with E-state index < -0.39 is 0 Å². The molecule has 0 bridgehead atoms. The van der Waals surface area contributed by atoms with Crippen molar-refractivity contribution in [1.29, 1.82) is 0 Å². The normalized spacial score (nSPS) is 18.2. The summed E-state index contributed by atoms with van der Waals surface area (Å²) >= 11 is 0. The third-order valence-electron chi connectivity index (χ3n) is 1.41. The van der Waals surface area contributed by atoms with Gasteiger partial charge in [-0.3, -0.25) is 4.79 Å². The molecule has 0 heterocycles. The van der Waals surface area contributed by atoms with Crippen molar-refractivity contribution in [2.24, 2.45) is 5.73 Å². The molecular formula is C7H15NO. The zero-order valence-corrected chi connectivity index (χ0v) is 6.02. The van der Waals surface area contributed by atoms with Gasteiger partial charge in [0.25, 0.3) is 0 Å². The van der Waals surface area contributed by atoms with Gasteiger partial charge in [-0.25, -0.2) is 0 Å². The molecule has 2 nitrogen and oxygen atoms in total. The number of ketones is 1. The van der Waals surface area contributed by atoms with E-state index in [4.69, 9.17) is 0 Å². The Morgan fingerprint density at radius 3 is 1.78 bits per heavy atom. The van der Waals surface area contributed by atoms with Crippen LogP contribution in [-0.4, -0.2) is 12.8 Å². The van der Waals surface area contributed by atoms with Gasteiger partial charge in [-0.05, 0) is 19.9 Å². The topological polar surface area (TPSA) is 43.1 Å². The molecule has 0 amide bonds. The van der Waals surface area contributed by atoms with Gasteiger partial charge in [0.2, 0.25) is 0 Å². The number of hydrogen-bond donors (Lipinski definition) is 1. The van der Waals surface area contributed by atoms with Crippen molar-refractivity contribution < 1.29 is 4.79 Å². The molecule has 0 atom stereocenters. The molecule has 0 unspecified atom stereocenters. The molecule has 0 saturated heterocycles. The highest BCUT2D eigenvalue weighted by Gasteiger charge is 2.05. The molecule has 0 aromatic carbocycles. The zero-order valence-electron chi connectivity index (χ0n) is 6.02. The Labute approximate surface area is 56.4 Å². The van der Waals surface area contributed by atoms with Gasteiger partial charge in [-0.15, -0.1) is 0 Å². The highest BCUT2D eigenvalue weighted by molar-refractivity contribution is 5.78. The van der Waals surface area contributed by atoms with Crippen molar-refractivity contribution in [3.63, 3.8) is 0 Å². The molecule has 1 rings (SSSR count). The number of hydrogen-bond acceptors (Lipinski definition) is 2. The Hall–Kier alpha value is -0.370. The first kappa shape index (κ1) is 8.63. The van der Waals surface area contributed by atoms with Gasteiger partial charge in [0.05, 0.1) is 0 Å². The van der Waals surface area contributed by atoms with Gasteiger partial charge in [0, 0.05) is 12.8 Å². The lowest BCUT2D eigenvalue weighted by Gasteiger charge is -2.05. The summed E-state index contributed by atoms with van der Waals surface area (Å²) in [6, 6.07) is 0. The fourth-order valence-electron chi connectivity index (χ4n) is 0.946. The van der Waals surface area contributed by atoms with Crippen LogP contribution in [0.3, 0.4) is 0 Å². The predicted molar refractivity (Wildman–Crippen MR) is 38.2 cm³/mol. The average Bonchev–Trinajstić information content (AvgIpc) is 1.94. The van der Waals surface area contributed by atoms with E-state index in [2.05, 4.69) is 5.73 Å². The lowest BCUT2D eigenvalue weighted by Crippen LogP contribution is -2.02. The number of nitrogens with two attached hydrogens (primary N) is 1. The van der Waals surface area contributed by atoms with Crippen LogP contribution < -0.4 is 5.73 Å². The summed E-state index contributed by atoms with van der Waals surface area (Å²) in [5.41, 5.74) is 4.50. The molecule has 2 heteroatoms. The van der Waals surface area contributed by atoms with Crippen LogP contribution >= 0.6 is 0 Å². The third-order valence-corrected chi connectivity index (χ3v) is 1.41. The van der Waals surface area contributed by atoms with Crippen LogP contribution in [0.5, 0.6) is 0 Å². The molecule has 54 valence electrons. The first-order valence-corrected chi connectivity index (χ1v) is 3.49. The van der Waals surface area contributed by atoms with Crippen molar-refractivity contribution in [3.8, 4) is 0 Å². The van der Waals surface area contributed by atoms with Crippen LogP contribution in [0.1, 0.15) is 32.1 Å². The molecule has 1 saturated carbocycles. The Bertz CT molecular complexity index is 73.0. The summed E-state index contributed by atoms with van der Waals surface area (Å²) in [6.07, 6.45) is 5.24. The van der Waals surface area contributed by atoms with Crippen LogP contribution in [0.4, 0.5) is 0 Å². The minimum atomic E-state index is 0.464. The maximum absolute atomic E-state index is 10.5. The molecule has 1 aliphatic carbocycles. The molecule has 9 heavy (non-hydrogen) atoms. The smallest absolute Gasteiger partial charge is 0.132 e. The second-order valence-corrected chi connectivity index (χ2v) is 2.10. The summed E-state index contributed by atoms with van der Waals surface area (Å²) in [5.74, 6) is 0.464. The Kier molecular flexibility index (Phi) is 5.52. The largest absolute Gasteiger partial charge is 0.333 e. The Morgan fingerprint density at radius 2 is 1.56 bits per heavy atom. The summed E-state index contributed by atoms with van der Waals surface area (Å²) < 4.78 is 0. The molecule has 0 aromatic rings. The lowest BCUT2D eigenvalue weighted by atomic mass is 10.00. The highest BCUT2D eigenvalue weighted by atomic mass is 16.1. The quantitative estimate of drug-likeness (QED) is 0.532. The van der Waals surface area contributed by atoms with Gasteiger partial charge in [-0.1, -0.05) is 6.42 Å². The number of carbonyl (C=O) groups excluding carboxylic acids is 1. The number of Topliss-reactive ketones (excluding diaryl/α,β-unsaturated/α-hetero) is 1. The van der Waals surface area contributed by atoms with Gasteiger partial charge in [0.1, 0.15) is 5.78 Å². The van der Waals surface area contributed by atoms with E-state index in [1.807, 2.05) is 0 Å². The molecule has 0 spiro atoms. The van der Waals surface area contributed by atoms with Crippen LogP contribution in [0.15, 0.2) is 0 Å². The molecule has 1 aliphatic rings. The Morgan fingerprint density at radius 1 is 1.11 bits per heavy atom. The standard InChI is InChI=1S/C6H10O.CH5N/c7-6-4-2-1-3-5-6;1-2/h1-5H2;2H2,1H3. The van der Waals surface area contributed by atoms with Gasteiger partial charge >= 0.3 is 0 Å². The van der Waals surface area contributed by atoms with E-state index in [1.54, 1.807) is 0 Å². The molecule has 0 radical (unpaired) electrons. The maximum atomic E-state index is 10.5. The minimum absolute atomic E-state index is 0.464.